The fourth-order valence-electron chi connectivity index (χ4n) is 5.32. The molecule has 2 aliphatic heterocycles. The van der Waals surface area contributed by atoms with Crippen LogP contribution in [0.5, 0.6) is 0 Å². The van der Waals surface area contributed by atoms with Crippen LogP contribution in [-0.4, -0.2) is 48.0 Å². The Morgan fingerprint density at radius 1 is 1.23 bits per heavy atom. The first kappa shape index (κ1) is 28.6. The number of hydrogen-bond acceptors (Lipinski definition) is 7. The van der Waals surface area contributed by atoms with E-state index in [1.54, 1.807) is 0 Å². The highest BCUT2D eigenvalue weighted by Gasteiger charge is 2.37. The molecule has 2 aliphatic rings. The molecule has 214 valence electrons. The summed E-state index contributed by atoms with van der Waals surface area (Å²) in [4.78, 5) is 22.9. The van der Waals surface area contributed by atoms with E-state index in [2.05, 4.69) is 52.1 Å². The largest absolute Gasteiger partial charge is 0.598 e. The minimum Gasteiger partial charge on any atom is -0.598 e. The number of amides is 1. The molecule has 0 unspecified atom stereocenters. The van der Waals surface area contributed by atoms with Gasteiger partial charge in [-0.15, -0.1) is 14.9 Å². The maximum absolute atomic E-state index is 14.0. The summed E-state index contributed by atoms with van der Waals surface area (Å²) in [6, 6.07) is 10.2. The van der Waals surface area contributed by atoms with Gasteiger partial charge in [0.1, 0.15) is 16.4 Å². The van der Waals surface area contributed by atoms with Crippen LogP contribution >= 0.6 is 0 Å². The number of carbonyl (C=O) groups is 1. The molecule has 1 N–H and O–H groups in total. The van der Waals surface area contributed by atoms with Gasteiger partial charge in [0.15, 0.2) is 5.82 Å². The van der Waals surface area contributed by atoms with Crippen molar-refractivity contribution >= 4 is 28.8 Å². The smallest absolute Gasteiger partial charge is 0.259 e. The van der Waals surface area contributed by atoms with Gasteiger partial charge in [-0.1, -0.05) is 19.1 Å². The number of benzene rings is 1. The molecule has 0 spiro atoms. The van der Waals surface area contributed by atoms with Crippen LogP contribution in [0.25, 0.3) is 11.4 Å². The van der Waals surface area contributed by atoms with Crippen molar-refractivity contribution < 1.29 is 9.35 Å². The lowest BCUT2D eigenvalue weighted by Crippen LogP contribution is -2.41. The van der Waals surface area contributed by atoms with E-state index in [4.69, 9.17) is 4.98 Å². The third kappa shape index (κ3) is 5.12. The predicted molar refractivity (Wildman–Crippen MR) is 161 cm³/mol. The number of aromatic nitrogens is 4. The second-order valence-electron chi connectivity index (χ2n) is 12.2. The highest BCUT2D eigenvalue weighted by Crippen LogP contribution is 2.38. The van der Waals surface area contributed by atoms with Crippen LogP contribution < -0.4 is 14.5 Å². The number of carbonyl (C=O) groups excluding carboxylic acids is 1. The van der Waals surface area contributed by atoms with Gasteiger partial charge in [-0.3, -0.25) is 4.79 Å². The molecule has 0 fully saturated rings. The summed E-state index contributed by atoms with van der Waals surface area (Å²) in [7, 11) is 1.99. The first-order valence-corrected chi connectivity index (χ1v) is 15.4. The zero-order valence-electron chi connectivity index (χ0n) is 24.9. The van der Waals surface area contributed by atoms with E-state index >= 15 is 0 Å². The molecular formula is C30H41N7O2S. The Kier molecular flexibility index (Phi) is 7.71. The minimum absolute atomic E-state index is 0.0548. The zero-order chi connectivity index (χ0) is 28.9. The van der Waals surface area contributed by atoms with Gasteiger partial charge in [0.05, 0.1) is 23.8 Å². The summed E-state index contributed by atoms with van der Waals surface area (Å²) < 4.78 is 18.2. The average molecular weight is 564 g/mol. The van der Waals surface area contributed by atoms with Crippen molar-refractivity contribution in [2.45, 2.75) is 97.1 Å². The Balaban J connectivity index is 1.54. The lowest BCUT2D eigenvalue weighted by atomic mass is 10.0. The van der Waals surface area contributed by atoms with Gasteiger partial charge in [-0.05, 0) is 72.6 Å². The zero-order valence-corrected chi connectivity index (χ0v) is 25.7. The summed E-state index contributed by atoms with van der Waals surface area (Å²) in [6.07, 6.45) is 2.69. The van der Waals surface area contributed by atoms with Crippen molar-refractivity contribution in [2.24, 2.45) is 0 Å². The number of nitrogens with zero attached hydrogens (tertiary/aromatic N) is 6. The first-order chi connectivity index (χ1) is 18.9. The van der Waals surface area contributed by atoms with E-state index in [0.717, 1.165) is 52.8 Å². The molecule has 5 rings (SSSR count). The number of hydrogen-bond donors (Lipinski definition) is 1. The Morgan fingerprint density at radius 2 is 1.98 bits per heavy atom. The molecule has 10 heteroatoms. The van der Waals surface area contributed by atoms with Crippen LogP contribution in [0.15, 0.2) is 30.3 Å². The molecule has 0 aliphatic carbocycles. The van der Waals surface area contributed by atoms with Gasteiger partial charge >= 0.3 is 0 Å². The van der Waals surface area contributed by atoms with Gasteiger partial charge in [-0.2, -0.15) is 0 Å². The van der Waals surface area contributed by atoms with Crippen LogP contribution in [0, 0.1) is 0 Å². The van der Waals surface area contributed by atoms with Crippen molar-refractivity contribution in [1.82, 2.24) is 24.5 Å². The third-order valence-electron chi connectivity index (χ3n) is 8.02. The quantitative estimate of drug-likeness (QED) is 0.368. The predicted octanol–water partition coefficient (Wildman–Crippen LogP) is 5.36. The fraction of sp³-hybridized carbons (Fsp3) is 0.533. The Labute approximate surface area is 240 Å². The van der Waals surface area contributed by atoms with Gasteiger partial charge < -0.3 is 18.9 Å². The second-order valence-corrected chi connectivity index (χ2v) is 14.2. The summed E-state index contributed by atoms with van der Waals surface area (Å²) >= 11 is -1.28. The summed E-state index contributed by atoms with van der Waals surface area (Å²) in [5.41, 5.74) is 4.08. The Bertz CT molecular complexity index is 1410. The number of pyridine rings is 1. The molecular weight excluding hydrogens is 522 g/mol. The van der Waals surface area contributed by atoms with Crippen molar-refractivity contribution in [3.05, 3.63) is 53.0 Å². The van der Waals surface area contributed by atoms with Crippen LogP contribution in [0.1, 0.15) is 101 Å². The van der Waals surface area contributed by atoms with Crippen molar-refractivity contribution in [1.29, 1.82) is 0 Å². The van der Waals surface area contributed by atoms with Crippen molar-refractivity contribution in [3.63, 3.8) is 0 Å². The van der Waals surface area contributed by atoms with Gasteiger partial charge in [0.25, 0.3) is 5.91 Å². The summed E-state index contributed by atoms with van der Waals surface area (Å²) in [6.45, 7) is 14.7. The minimum atomic E-state index is -1.28. The van der Waals surface area contributed by atoms with Gasteiger partial charge in [0.2, 0.25) is 0 Å². The normalized spacial score (nSPS) is 18.3. The molecule has 1 amide bonds. The topological polar surface area (TPSA) is 102 Å². The monoisotopic (exact) mass is 563 g/mol. The molecule has 3 aromatic rings. The van der Waals surface area contributed by atoms with E-state index in [1.807, 2.05) is 63.1 Å². The maximum atomic E-state index is 14.0. The molecule has 9 nitrogen and oxygen atoms in total. The molecule has 0 saturated heterocycles. The maximum Gasteiger partial charge on any atom is 0.259 e. The van der Waals surface area contributed by atoms with E-state index < -0.39 is 16.1 Å². The van der Waals surface area contributed by atoms with E-state index in [-0.39, 0.29) is 18.0 Å². The summed E-state index contributed by atoms with van der Waals surface area (Å²) in [5, 5.41) is 8.89. The first-order valence-electron chi connectivity index (χ1n) is 14.2. The van der Waals surface area contributed by atoms with Crippen LogP contribution in [0.3, 0.4) is 0 Å². The SMILES string of the molecule is CC[C@@H](N[S@@+]([O-])C(C)(C)C)c1nc(N(C)C(C)C)cc2c1CN(c1cccc(-c3nnc4n3[C@@H](C)CC4)c1)C2=O. The highest BCUT2D eigenvalue weighted by molar-refractivity contribution is 7.90. The van der Waals surface area contributed by atoms with Crippen LogP contribution in [0.4, 0.5) is 11.5 Å². The molecule has 40 heavy (non-hydrogen) atoms. The van der Waals surface area contributed by atoms with E-state index in [9.17, 15) is 9.35 Å². The number of nitrogens with one attached hydrogen (secondary N) is 1. The van der Waals surface area contributed by atoms with E-state index in [1.165, 1.54) is 0 Å². The Hall–Kier alpha value is -2.95. The molecule has 0 radical (unpaired) electrons. The number of anilines is 2. The number of rotatable bonds is 8. The standard InChI is InChI=1S/C30H41N7O2S/c1-9-24(34-40(39)30(5,6)7)27-23-17-36(29(38)22(23)16-26(31-27)35(8)18(2)3)21-12-10-11-20(15-21)28-33-32-25-14-13-19(4)37(25)28/h10-12,15-16,18-19,24,34H,9,13-14,17H2,1-8H3/t19-,24+,40-/m0/s1. The van der Waals surface area contributed by atoms with Crippen LogP contribution in [0.2, 0.25) is 0 Å². The fourth-order valence-corrected chi connectivity index (χ4v) is 6.21. The molecule has 3 atom stereocenters. The third-order valence-corrected chi connectivity index (χ3v) is 9.63. The molecule has 2 aromatic heterocycles. The molecule has 4 heterocycles. The molecule has 1 aromatic carbocycles. The Morgan fingerprint density at radius 3 is 2.65 bits per heavy atom. The van der Waals surface area contributed by atoms with Crippen LogP contribution in [-0.2, 0) is 24.3 Å². The summed E-state index contributed by atoms with van der Waals surface area (Å²) in [5.74, 6) is 2.54. The molecule has 0 saturated carbocycles. The number of fused-ring (bicyclic) bond motifs is 2. The van der Waals surface area contributed by atoms with E-state index in [0.29, 0.717) is 24.6 Å². The number of aryl methyl sites for hydroxylation is 1. The average Bonchev–Trinajstić information content (AvgIpc) is 3.60. The van der Waals surface area contributed by atoms with Crippen molar-refractivity contribution in [2.75, 3.05) is 16.8 Å². The lowest BCUT2D eigenvalue weighted by Gasteiger charge is -2.29. The van der Waals surface area contributed by atoms with Gasteiger partial charge in [0, 0.05) is 53.7 Å². The lowest BCUT2D eigenvalue weighted by molar-refractivity contribution is 0.0996. The van der Waals surface area contributed by atoms with Gasteiger partial charge in [-0.25, -0.2) is 4.98 Å². The molecule has 0 bridgehead atoms. The van der Waals surface area contributed by atoms with Crippen molar-refractivity contribution in [3.8, 4) is 11.4 Å². The second kappa shape index (κ2) is 10.8. The highest BCUT2D eigenvalue weighted by atomic mass is 32.2.